The third-order valence-electron chi connectivity index (χ3n) is 4.58. The smallest absolute Gasteiger partial charge is 0.240 e. The molecule has 2 heterocycles. The van der Waals surface area contributed by atoms with Crippen LogP contribution in [0.5, 0.6) is 0 Å². The van der Waals surface area contributed by atoms with Crippen LogP contribution in [0.15, 0.2) is 46.0 Å². The van der Waals surface area contributed by atoms with Gasteiger partial charge in [-0.2, -0.15) is 0 Å². The molecule has 0 spiro atoms. The van der Waals surface area contributed by atoms with Crippen molar-refractivity contribution in [1.29, 1.82) is 0 Å². The van der Waals surface area contributed by atoms with Crippen LogP contribution in [0.2, 0.25) is 0 Å². The molecule has 10 nitrogen and oxygen atoms in total. The van der Waals surface area contributed by atoms with Gasteiger partial charge < -0.3 is 19.4 Å². The summed E-state index contributed by atoms with van der Waals surface area (Å²) in [6.45, 7) is 3.62. The van der Waals surface area contributed by atoms with Crippen LogP contribution >= 0.6 is 15.9 Å². The largest absolute Gasteiger partial charge is 0.383 e. The highest BCUT2D eigenvalue weighted by atomic mass is 79.9. The lowest BCUT2D eigenvalue weighted by Gasteiger charge is -2.12. The number of hydrogen-bond acceptors (Lipinski definition) is 8. The van der Waals surface area contributed by atoms with E-state index >= 15 is 0 Å². The molecule has 0 radical (unpaired) electrons. The molecule has 32 heavy (non-hydrogen) atoms. The lowest BCUT2D eigenvalue weighted by Crippen LogP contribution is -2.27. The molecule has 3 rings (SSSR count). The van der Waals surface area contributed by atoms with Gasteiger partial charge in [-0.3, -0.25) is 0 Å². The van der Waals surface area contributed by atoms with Gasteiger partial charge >= 0.3 is 0 Å². The number of nitrogens with zero attached hydrogens (tertiary/aromatic N) is 4. The van der Waals surface area contributed by atoms with Gasteiger partial charge in [-0.25, -0.2) is 28.1 Å². The van der Waals surface area contributed by atoms with Gasteiger partial charge in [0, 0.05) is 39.2 Å². The van der Waals surface area contributed by atoms with E-state index in [0.717, 1.165) is 16.0 Å². The molecule has 1 aromatic carbocycles. The number of methoxy groups -OCH3 is 2. The van der Waals surface area contributed by atoms with Gasteiger partial charge in [0.05, 0.1) is 34.5 Å². The number of ether oxygens (including phenoxy) is 2. The Bertz CT molecular complexity index is 1150. The van der Waals surface area contributed by atoms with Gasteiger partial charge in [-0.05, 0) is 47.1 Å². The number of aryl methyl sites for hydroxylation is 1. The van der Waals surface area contributed by atoms with Crippen molar-refractivity contribution in [3.63, 3.8) is 0 Å². The fourth-order valence-corrected chi connectivity index (χ4v) is 4.34. The quantitative estimate of drug-likeness (QED) is 0.367. The minimum absolute atomic E-state index is 0.161. The van der Waals surface area contributed by atoms with Gasteiger partial charge in [0.25, 0.3) is 0 Å². The fraction of sp³-hybridized carbons (Fsp3) is 0.350. The third kappa shape index (κ3) is 5.90. The van der Waals surface area contributed by atoms with E-state index in [2.05, 4.69) is 40.9 Å². The molecular formula is C20H25BrN6O4S. The molecule has 0 fully saturated rings. The summed E-state index contributed by atoms with van der Waals surface area (Å²) in [5.74, 6) is 1.22. The van der Waals surface area contributed by atoms with Gasteiger partial charge in [0.1, 0.15) is 11.5 Å². The van der Waals surface area contributed by atoms with Crippen molar-refractivity contribution in [1.82, 2.24) is 24.2 Å². The van der Waals surface area contributed by atoms with Gasteiger partial charge in [0.15, 0.2) is 0 Å². The maximum Gasteiger partial charge on any atom is 0.240 e. The number of benzene rings is 1. The molecular weight excluding hydrogens is 500 g/mol. The maximum atomic E-state index is 12.3. The lowest BCUT2D eigenvalue weighted by molar-refractivity contribution is 0.187. The van der Waals surface area contributed by atoms with E-state index in [4.69, 9.17) is 9.47 Å². The van der Waals surface area contributed by atoms with E-state index in [1.807, 2.05) is 11.5 Å². The highest BCUT2D eigenvalue weighted by Crippen LogP contribution is 2.28. The molecule has 0 aliphatic heterocycles. The summed E-state index contributed by atoms with van der Waals surface area (Å²) in [6.07, 6.45) is 3.42. The van der Waals surface area contributed by atoms with E-state index < -0.39 is 10.0 Å². The minimum Gasteiger partial charge on any atom is -0.383 e. The highest BCUT2D eigenvalue weighted by Gasteiger charge is 2.16. The summed E-state index contributed by atoms with van der Waals surface area (Å²) < 4.78 is 39.9. The molecule has 0 unspecified atom stereocenters. The van der Waals surface area contributed by atoms with Crippen LogP contribution in [0.1, 0.15) is 5.82 Å². The Kier molecular flexibility index (Phi) is 8.32. The van der Waals surface area contributed by atoms with Crippen LogP contribution < -0.4 is 10.0 Å². The summed E-state index contributed by atoms with van der Waals surface area (Å²) in [5, 5.41) is 3.11. The summed E-state index contributed by atoms with van der Waals surface area (Å²) in [6, 6.07) is 6.34. The van der Waals surface area contributed by atoms with E-state index in [9.17, 15) is 8.42 Å². The van der Waals surface area contributed by atoms with Crippen LogP contribution in [-0.2, 0) is 26.0 Å². The number of hydrogen-bond donors (Lipinski definition) is 2. The maximum absolute atomic E-state index is 12.3. The molecule has 0 atom stereocenters. The Morgan fingerprint density at radius 1 is 1.06 bits per heavy atom. The standard InChI is InChI=1S/C20H25BrN6O4S/c1-14-22-13-18(27(14)9-11-31-3)19-17(21)12-23-20(26-19)25-15-4-6-16(7-5-15)32(28,29)24-8-10-30-2/h4-7,12-13,24H,8-11H2,1-3H3,(H,23,25,26). The first-order valence-electron chi connectivity index (χ1n) is 9.75. The lowest BCUT2D eigenvalue weighted by atomic mass is 10.3. The normalized spacial score (nSPS) is 11.6. The molecule has 2 aromatic heterocycles. The number of rotatable bonds is 11. The van der Waals surface area contributed by atoms with Crippen molar-refractivity contribution in [3.05, 3.63) is 47.0 Å². The molecule has 0 amide bonds. The van der Waals surface area contributed by atoms with Gasteiger partial charge in [-0.1, -0.05) is 0 Å². The first-order valence-corrected chi connectivity index (χ1v) is 12.0. The second-order valence-electron chi connectivity index (χ2n) is 6.77. The SMILES string of the molecule is COCCNS(=O)(=O)c1ccc(Nc2ncc(Br)c(-c3cnc(C)n3CCOC)n2)cc1. The fourth-order valence-electron chi connectivity index (χ4n) is 2.94. The molecule has 3 aromatic rings. The average molecular weight is 525 g/mol. The van der Waals surface area contributed by atoms with E-state index in [1.165, 1.54) is 19.2 Å². The van der Waals surface area contributed by atoms with E-state index in [1.54, 1.807) is 31.6 Å². The first-order chi connectivity index (χ1) is 15.4. The second-order valence-corrected chi connectivity index (χ2v) is 9.39. The predicted octanol–water partition coefficient (Wildman–Crippen LogP) is 2.73. The topological polar surface area (TPSA) is 120 Å². The Morgan fingerprint density at radius 2 is 1.78 bits per heavy atom. The van der Waals surface area contributed by atoms with Gasteiger partial charge in [-0.15, -0.1) is 0 Å². The van der Waals surface area contributed by atoms with Crippen molar-refractivity contribution in [2.45, 2.75) is 18.4 Å². The Balaban J connectivity index is 1.80. The second kappa shape index (κ2) is 11.0. The number of nitrogens with one attached hydrogen (secondary N) is 2. The number of anilines is 2. The summed E-state index contributed by atoms with van der Waals surface area (Å²) in [5.41, 5.74) is 2.17. The molecule has 172 valence electrons. The van der Waals surface area contributed by atoms with Crippen LogP contribution in [-0.4, -0.2) is 61.9 Å². The van der Waals surface area contributed by atoms with E-state index in [-0.39, 0.29) is 11.4 Å². The first kappa shape index (κ1) is 24.3. The van der Waals surface area contributed by atoms with Crippen molar-refractivity contribution in [2.75, 3.05) is 39.3 Å². The zero-order chi connectivity index (χ0) is 23.1. The Labute approximate surface area is 195 Å². The monoisotopic (exact) mass is 524 g/mol. The third-order valence-corrected chi connectivity index (χ3v) is 6.64. The molecule has 12 heteroatoms. The zero-order valence-electron chi connectivity index (χ0n) is 18.0. The number of aromatic nitrogens is 4. The van der Waals surface area contributed by atoms with Crippen LogP contribution in [0.3, 0.4) is 0 Å². The molecule has 2 N–H and O–H groups in total. The van der Waals surface area contributed by atoms with Crippen molar-refractivity contribution >= 4 is 37.6 Å². The highest BCUT2D eigenvalue weighted by molar-refractivity contribution is 9.10. The molecule has 0 aliphatic rings. The average Bonchev–Trinajstić information content (AvgIpc) is 3.14. The minimum atomic E-state index is -3.60. The number of sulfonamides is 1. The molecule has 0 aliphatic carbocycles. The van der Waals surface area contributed by atoms with Crippen molar-refractivity contribution in [2.24, 2.45) is 0 Å². The summed E-state index contributed by atoms with van der Waals surface area (Å²) >= 11 is 3.51. The molecule has 0 saturated heterocycles. The molecule has 0 bridgehead atoms. The molecule has 0 saturated carbocycles. The summed E-state index contributed by atoms with van der Waals surface area (Å²) in [7, 11) is -0.429. The van der Waals surface area contributed by atoms with E-state index in [0.29, 0.717) is 37.1 Å². The van der Waals surface area contributed by atoms with Crippen LogP contribution in [0.4, 0.5) is 11.6 Å². The van der Waals surface area contributed by atoms with Gasteiger partial charge in [0.2, 0.25) is 16.0 Å². The zero-order valence-corrected chi connectivity index (χ0v) is 20.4. The number of halogens is 1. The van der Waals surface area contributed by atoms with Crippen LogP contribution in [0.25, 0.3) is 11.4 Å². The van der Waals surface area contributed by atoms with Crippen LogP contribution in [0, 0.1) is 6.92 Å². The number of imidazole rings is 1. The van der Waals surface area contributed by atoms with Crippen molar-refractivity contribution in [3.8, 4) is 11.4 Å². The summed E-state index contributed by atoms with van der Waals surface area (Å²) in [4.78, 5) is 13.5. The Morgan fingerprint density at radius 3 is 2.47 bits per heavy atom. The predicted molar refractivity (Wildman–Crippen MR) is 124 cm³/mol. The Hall–Kier alpha value is -2.38. The van der Waals surface area contributed by atoms with Crippen molar-refractivity contribution < 1.29 is 17.9 Å².